The molecule has 7 nitrogen and oxygen atoms in total. The Balaban J connectivity index is 1.92. The van der Waals surface area contributed by atoms with E-state index in [1.165, 1.54) is 16.9 Å². The van der Waals surface area contributed by atoms with Gasteiger partial charge in [0.1, 0.15) is 0 Å². The fourth-order valence-electron chi connectivity index (χ4n) is 1.78. The Morgan fingerprint density at radius 3 is 2.40 bits per heavy atom. The first-order valence-electron chi connectivity index (χ1n) is 5.89. The van der Waals surface area contributed by atoms with Crippen LogP contribution in [0.5, 0.6) is 0 Å². The minimum atomic E-state index is -0.440. The van der Waals surface area contributed by atoms with Crippen molar-refractivity contribution in [2.24, 2.45) is 0 Å². The molecule has 0 saturated heterocycles. The second kappa shape index (κ2) is 4.88. The number of tetrazole rings is 1. The van der Waals surface area contributed by atoms with Crippen LogP contribution in [0.3, 0.4) is 0 Å². The van der Waals surface area contributed by atoms with E-state index < -0.39 is 4.92 Å². The van der Waals surface area contributed by atoms with Crippen LogP contribution in [0.4, 0.5) is 5.69 Å². The van der Waals surface area contributed by atoms with Gasteiger partial charge in [-0.05, 0) is 29.1 Å². The monoisotopic (exact) mass is 268 g/mol. The van der Waals surface area contributed by atoms with Gasteiger partial charge in [-0.25, -0.2) is 0 Å². The number of benzene rings is 2. The van der Waals surface area contributed by atoms with Crippen molar-refractivity contribution < 1.29 is 9.72 Å². The molecule has 98 valence electrons. The Labute approximate surface area is 113 Å². The summed E-state index contributed by atoms with van der Waals surface area (Å²) < 4.78 is 0. The average Bonchev–Trinajstić information content (AvgIpc) is 2.98. The molecule has 3 rings (SSSR count). The summed E-state index contributed by atoms with van der Waals surface area (Å²) in [5.74, 6) is 0.629. The van der Waals surface area contributed by atoms with Gasteiger partial charge in [-0.15, -0.1) is 0 Å². The van der Waals surface area contributed by atoms with Gasteiger partial charge in [0, 0.05) is 17.7 Å². The molecule has 7 heteroatoms. The van der Waals surface area contributed by atoms with E-state index in [1.807, 2.05) is 30.3 Å². The summed E-state index contributed by atoms with van der Waals surface area (Å²) in [7, 11) is 0. The molecule has 0 saturated carbocycles. The number of nitro groups is 1. The van der Waals surface area contributed by atoms with E-state index in [0.29, 0.717) is 11.5 Å². The van der Waals surface area contributed by atoms with Crippen LogP contribution in [-0.2, 0) is 0 Å². The zero-order chi connectivity index (χ0) is 13.9. The lowest BCUT2D eigenvalue weighted by atomic mass is 10.2. The molecule has 0 spiro atoms. The van der Waals surface area contributed by atoms with Crippen LogP contribution in [0.25, 0.3) is 17.1 Å². The highest BCUT2D eigenvalue weighted by Crippen LogP contribution is 2.13. The molecule has 20 heavy (non-hydrogen) atoms. The molecule has 0 amide bonds. The first-order chi connectivity index (χ1) is 9.74. The van der Waals surface area contributed by atoms with Gasteiger partial charge >= 0.3 is 5.82 Å². The van der Waals surface area contributed by atoms with Gasteiger partial charge in [0.2, 0.25) is 0 Å². The maximum absolute atomic E-state index is 10.6. The smallest absolute Gasteiger partial charge is 0.258 e. The van der Waals surface area contributed by atoms with Crippen LogP contribution in [0.1, 0.15) is 0 Å². The normalized spacial score (nSPS) is 10.4. The summed E-state index contributed by atoms with van der Waals surface area (Å²) in [6, 6.07) is 15.6. The van der Waals surface area contributed by atoms with E-state index >= 15 is 0 Å². The number of non-ortho nitro benzene ring substituents is 1. The van der Waals surface area contributed by atoms with Crippen LogP contribution in [0.15, 0.2) is 54.6 Å². The van der Waals surface area contributed by atoms with E-state index in [2.05, 4.69) is 15.4 Å². The summed E-state index contributed by atoms with van der Waals surface area (Å²) in [4.78, 5) is 11.6. The molecular weight excluding hydrogens is 258 g/mol. The molecule has 0 fully saturated rings. The van der Waals surface area contributed by atoms with Crippen LogP contribution in [0, 0.1) is 10.1 Å². The van der Waals surface area contributed by atoms with Crippen LogP contribution < -0.4 is 4.80 Å². The molecule has 2 aromatic carbocycles. The van der Waals surface area contributed by atoms with Gasteiger partial charge in [0.15, 0.2) is 10.9 Å². The van der Waals surface area contributed by atoms with Gasteiger partial charge in [0.05, 0.1) is 10.0 Å². The summed E-state index contributed by atoms with van der Waals surface area (Å²) >= 11 is 0. The van der Waals surface area contributed by atoms with Crippen molar-refractivity contribution in [2.75, 3.05) is 0 Å². The van der Waals surface area contributed by atoms with Crippen molar-refractivity contribution in [1.29, 1.82) is 0 Å². The maximum atomic E-state index is 10.6. The van der Waals surface area contributed by atoms with Crippen molar-refractivity contribution in [2.45, 2.75) is 0 Å². The van der Waals surface area contributed by atoms with Gasteiger partial charge < -0.3 is 0 Å². The zero-order valence-electron chi connectivity index (χ0n) is 10.3. The minimum absolute atomic E-state index is 0.0390. The van der Waals surface area contributed by atoms with Crippen molar-refractivity contribution in [1.82, 2.24) is 15.4 Å². The lowest BCUT2D eigenvalue weighted by molar-refractivity contribution is -0.716. The molecule has 0 aliphatic heterocycles. The molecular formula is C13H10N5O2+. The van der Waals surface area contributed by atoms with Gasteiger partial charge in [-0.2, -0.15) is 5.10 Å². The second-order valence-electron chi connectivity index (χ2n) is 4.10. The molecule has 0 atom stereocenters. The first kappa shape index (κ1) is 12.0. The Kier molecular flexibility index (Phi) is 2.92. The van der Waals surface area contributed by atoms with Crippen molar-refractivity contribution in [3.63, 3.8) is 0 Å². The van der Waals surface area contributed by atoms with Crippen molar-refractivity contribution in [3.05, 3.63) is 64.7 Å². The third kappa shape index (κ3) is 2.24. The predicted octanol–water partition coefficient (Wildman–Crippen LogP) is 1.66. The molecule has 0 unspecified atom stereocenters. The van der Waals surface area contributed by atoms with E-state index in [9.17, 15) is 10.1 Å². The number of rotatable bonds is 3. The number of hydrogen-bond donors (Lipinski definition) is 1. The fourth-order valence-corrected chi connectivity index (χ4v) is 1.78. The molecule has 1 N–H and O–H groups in total. The molecule has 1 aromatic heterocycles. The Morgan fingerprint density at radius 2 is 1.75 bits per heavy atom. The maximum Gasteiger partial charge on any atom is 0.313 e. The van der Waals surface area contributed by atoms with Crippen molar-refractivity contribution in [3.8, 4) is 17.1 Å². The highest BCUT2D eigenvalue weighted by Gasteiger charge is 2.15. The number of hydrogen-bond acceptors (Lipinski definition) is 4. The largest absolute Gasteiger partial charge is 0.313 e. The topological polar surface area (TPSA) is 88.6 Å². The highest BCUT2D eigenvalue weighted by atomic mass is 16.6. The van der Waals surface area contributed by atoms with E-state index in [-0.39, 0.29) is 5.69 Å². The van der Waals surface area contributed by atoms with Gasteiger partial charge in [-0.3, -0.25) is 10.1 Å². The molecule has 1 heterocycles. The van der Waals surface area contributed by atoms with Crippen molar-refractivity contribution >= 4 is 5.69 Å². The van der Waals surface area contributed by atoms with E-state index in [1.54, 1.807) is 12.1 Å². The molecule has 0 radical (unpaired) electrons. The third-order valence-electron chi connectivity index (χ3n) is 2.80. The number of nitrogens with zero attached hydrogens (tertiary/aromatic N) is 4. The Bertz CT molecular complexity index is 737. The molecule has 3 aromatic rings. The molecule has 0 bridgehead atoms. The summed E-state index contributed by atoms with van der Waals surface area (Å²) in [5, 5.41) is 21.6. The van der Waals surface area contributed by atoms with Crippen LogP contribution in [-0.4, -0.2) is 20.3 Å². The number of aromatic amines is 1. The minimum Gasteiger partial charge on any atom is -0.258 e. The van der Waals surface area contributed by atoms with Crippen LogP contribution in [0.2, 0.25) is 0 Å². The summed E-state index contributed by atoms with van der Waals surface area (Å²) in [5.41, 5.74) is 1.63. The number of nitrogens with one attached hydrogen (secondary N) is 1. The van der Waals surface area contributed by atoms with Gasteiger partial charge in [-0.1, -0.05) is 18.2 Å². The number of H-pyrrole nitrogens is 1. The standard InChI is InChI=1S/C13H9N5O2/c19-18(20)12-8-6-11(7-9-12)17-15-13(14-16-17)10-4-2-1-3-5-10/h1-9H/p+1. The first-order valence-corrected chi connectivity index (χ1v) is 5.89. The molecule has 0 aliphatic rings. The third-order valence-corrected chi connectivity index (χ3v) is 2.80. The Morgan fingerprint density at radius 1 is 1.05 bits per heavy atom. The Hall–Kier alpha value is -3.09. The SMILES string of the molecule is O=[N+]([O-])c1ccc(-[n+]2nnc(-c3ccccc3)[nH]2)cc1. The van der Waals surface area contributed by atoms with E-state index in [0.717, 1.165) is 5.56 Å². The van der Waals surface area contributed by atoms with E-state index in [4.69, 9.17) is 0 Å². The summed E-state index contributed by atoms with van der Waals surface area (Å²) in [6.45, 7) is 0. The quantitative estimate of drug-likeness (QED) is 0.444. The highest BCUT2D eigenvalue weighted by molar-refractivity contribution is 5.52. The summed E-state index contributed by atoms with van der Waals surface area (Å²) in [6.07, 6.45) is 0. The van der Waals surface area contributed by atoms with Crippen LogP contribution >= 0.6 is 0 Å². The lowest BCUT2D eigenvalue weighted by Gasteiger charge is -1.92. The van der Waals surface area contributed by atoms with Gasteiger partial charge in [0.25, 0.3) is 5.69 Å². The average molecular weight is 268 g/mol. The number of aromatic nitrogens is 4. The predicted molar refractivity (Wildman–Crippen MR) is 70.0 cm³/mol. The number of nitro benzene ring substituents is 1. The lowest BCUT2D eigenvalue weighted by Crippen LogP contribution is -2.36. The second-order valence-corrected chi connectivity index (χ2v) is 4.10. The fraction of sp³-hybridized carbons (Fsp3) is 0. The zero-order valence-corrected chi connectivity index (χ0v) is 10.3. The molecule has 0 aliphatic carbocycles.